The smallest absolute Gasteiger partial charge is 0.469 e. The summed E-state index contributed by atoms with van der Waals surface area (Å²) >= 11 is 3.36. The van der Waals surface area contributed by atoms with Gasteiger partial charge < -0.3 is 14.9 Å². The molecule has 9 heteroatoms. The fourth-order valence-electron chi connectivity index (χ4n) is 1.76. The lowest BCUT2D eigenvalue weighted by Crippen LogP contribution is -2.00. The number of aliphatic imine (C=N–C) groups is 1. The Bertz CT molecular complexity index is 791. The zero-order valence-corrected chi connectivity index (χ0v) is 14.5. The predicted octanol–water partition coefficient (Wildman–Crippen LogP) is 3.22. The summed E-state index contributed by atoms with van der Waals surface area (Å²) in [4.78, 5) is 25.8. The molecule has 0 fully saturated rings. The second kappa shape index (κ2) is 7.33. The van der Waals surface area contributed by atoms with Crippen molar-refractivity contribution in [1.29, 1.82) is 0 Å². The Morgan fingerprint density at radius 2 is 2.09 bits per heavy atom. The van der Waals surface area contributed by atoms with Crippen LogP contribution in [0, 0.1) is 6.92 Å². The number of pyridine rings is 1. The zero-order chi connectivity index (χ0) is 17.0. The zero-order valence-electron chi connectivity index (χ0n) is 12.0. The molecular formula is C14H14BrN2O5P. The number of aryl methyl sites for hydroxylation is 1. The van der Waals surface area contributed by atoms with E-state index < -0.39 is 14.4 Å². The highest BCUT2D eigenvalue weighted by Gasteiger charge is 2.17. The molecule has 1 aromatic heterocycles. The third kappa shape index (κ3) is 4.95. The van der Waals surface area contributed by atoms with Crippen LogP contribution in [0.15, 0.2) is 39.9 Å². The first-order valence-electron chi connectivity index (χ1n) is 6.44. The van der Waals surface area contributed by atoms with Crippen molar-refractivity contribution in [1.82, 2.24) is 4.98 Å². The Labute approximate surface area is 141 Å². The molecule has 0 unspecified atom stereocenters. The van der Waals surface area contributed by atoms with E-state index in [0.29, 0.717) is 22.5 Å². The van der Waals surface area contributed by atoms with Crippen LogP contribution in [0.25, 0.3) is 0 Å². The van der Waals surface area contributed by atoms with Crippen molar-refractivity contribution in [3.8, 4) is 5.75 Å². The van der Waals surface area contributed by atoms with Gasteiger partial charge in [-0.2, -0.15) is 0 Å². The van der Waals surface area contributed by atoms with Gasteiger partial charge in [-0.05, 0) is 35.0 Å². The minimum Gasteiger partial charge on any atom is -0.505 e. The van der Waals surface area contributed by atoms with Gasteiger partial charge in [0.15, 0.2) is 0 Å². The highest BCUT2D eigenvalue weighted by molar-refractivity contribution is 9.10. The third-order valence-electron chi connectivity index (χ3n) is 2.93. The van der Waals surface area contributed by atoms with Gasteiger partial charge in [0.2, 0.25) is 0 Å². The monoisotopic (exact) mass is 400 g/mol. The first kappa shape index (κ1) is 17.8. The van der Waals surface area contributed by atoms with E-state index in [1.807, 2.05) is 18.2 Å². The van der Waals surface area contributed by atoms with Crippen molar-refractivity contribution < 1.29 is 24.0 Å². The molecule has 7 nitrogen and oxygen atoms in total. The van der Waals surface area contributed by atoms with Gasteiger partial charge in [0, 0.05) is 28.0 Å². The summed E-state index contributed by atoms with van der Waals surface area (Å²) in [6.45, 7) is 1.21. The van der Waals surface area contributed by atoms with Crippen molar-refractivity contribution >= 4 is 35.7 Å². The molecule has 1 heterocycles. The van der Waals surface area contributed by atoms with Crippen LogP contribution in [0.5, 0.6) is 5.75 Å². The molecule has 0 radical (unpaired) electrons. The topological polar surface area (TPSA) is 112 Å². The first-order valence-corrected chi connectivity index (χ1v) is 8.76. The van der Waals surface area contributed by atoms with E-state index in [0.717, 1.165) is 4.47 Å². The summed E-state index contributed by atoms with van der Waals surface area (Å²) in [5, 5.41) is 10.1. The average molecular weight is 401 g/mol. The lowest BCUT2D eigenvalue weighted by atomic mass is 10.1. The Hall–Kier alpha value is -1.57. The molecule has 0 saturated heterocycles. The lowest BCUT2D eigenvalue weighted by Gasteiger charge is -2.10. The highest BCUT2D eigenvalue weighted by atomic mass is 79.9. The molecule has 0 aliphatic carbocycles. The standard InChI is InChI=1S/C14H14BrN2O5P/c1-9-14(18)11(7-17-13-5-3-2-4-12(13)15)10(6-16-9)8-22-23(19,20)21/h2-7,18H,8H2,1H3,(H2,19,20,21). The summed E-state index contributed by atoms with van der Waals surface area (Å²) in [6.07, 6.45) is 2.79. The lowest BCUT2D eigenvalue weighted by molar-refractivity contribution is 0.188. The maximum absolute atomic E-state index is 10.8. The largest absolute Gasteiger partial charge is 0.505 e. The Morgan fingerprint density at radius 3 is 2.74 bits per heavy atom. The second-order valence-corrected chi connectivity index (χ2v) is 6.70. The number of aromatic hydroxyl groups is 1. The number of phosphoric ester groups is 1. The molecule has 0 amide bonds. The van der Waals surface area contributed by atoms with Crippen LogP contribution >= 0.6 is 23.8 Å². The number of nitrogens with zero attached hydrogens (tertiary/aromatic N) is 2. The summed E-state index contributed by atoms with van der Waals surface area (Å²) in [5.74, 6) is -0.118. The first-order chi connectivity index (χ1) is 10.8. The number of hydrogen-bond donors (Lipinski definition) is 3. The Morgan fingerprint density at radius 1 is 1.39 bits per heavy atom. The summed E-state index contributed by atoms with van der Waals surface area (Å²) in [7, 11) is -4.62. The molecule has 0 aliphatic heterocycles. The number of phosphoric acid groups is 1. The molecule has 0 spiro atoms. The van der Waals surface area contributed by atoms with E-state index in [9.17, 15) is 9.67 Å². The van der Waals surface area contributed by atoms with Gasteiger partial charge in [-0.1, -0.05) is 12.1 Å². The number of benzene rings is 1. The van der Waals surface area contributed by atoms with Crippen LogP contribution in [-0.4, -0.2) is 26.1 Å². The number of rotatable bonds is 5. The molecule has 2 aromatic rings. The SMILES string of the molecule is Cc1ncc(COP(=O)(O)O)c(C=Nc2ccccc2Br)c1O. The fourth-order valence-corrected chi connectivity index (χ4v) is 2.45. The van der Waals surface area contributed by atoms with Gasteiger partial charge in [0.1, 0.15) is 5.75 Å². The van der Waals surface area contributed by atoms with Crippen molar-refractivity contribution in [3.05, 3.63) is 51.8 Å². The molecular weight excluding hydrogens is 387 g/mol. The molecule has 23 heavy (non-hydrogen) atoms. The highest BCUT2D eigenvalue weighted by Crippen LogP contribution is 2.38. The Balaban J connectivity index is 2.38. The van der Waals surface area contributed by atoms with Crippen LogP contribution in [0.4, 0.5) is 5.69 Å². The van der Waals surface area contributed by atoms with Crippen molar-refractivity contribution in [2.45, 2.75) is 13.5 Å². The molecule has 2 rings (SSSR count). The maximum atomic E-state index is 10.8. The molecule has 1 aromatic carbocycles. The van der Waals surface area contributed by atoms with E-state index in [4.69, 9.17) is 9.79 Å². The normalized spacial score (nSPS) is 12.0. The third-order valence-corrected chi connectivity index (χ3v) is 4.07. The molecule has 0 atom stereocenters. The molecule has 0 saturated carbocycles. The van der Waals surface area contributed by atoms with Gasteiger partial charge in [-0.25, -0.2) is 4.57 Å². The van der Waals surface area contributed by atoms with E-state index in [2.05, 4.69) is 30.4 Å². The van der Waals surface area contributed by atoms with E-state index >= 15 is 0 Å². The second-order valence-electron chi connectivity index (χ2n) is 4.60. The van der Waals surface area contributed by atoms with Crippen LogP contribution < -0.4 is 0 Å². The predicted molar refractivity (Wildman–Crippen MR) is 88.9 cm³/mol. The minimum atomic E-state index is -4.62. The quantitative estimate of drug-likeness (QED) is 0.524. The number of para-hydroxylation sites is 1. The van der Waals surface area contributed by atoms with E-state index in [-0.39, 0.29) is 5.75 Å². The van der Waals surface area contributed by atoms with Gasteiger partial charge in [-0.15, -0.1) is 0 Å². The van der Waals surface area contributed by atoms with Gasteiger partial charge in [0.25, 0.3) is 0 Å². The summed E-state index contributed by atoms with van der Waals surface area (Å²) < 4.78 is 16.1. The number of hydrogen-bond acceptors (Lipinski definition) is 5. The fraction of sp³-hybridized carbons (Fsp3) is 0.143. The van der Waals surface area contributed by atoms with Crippen molar-refractivity contribution in [2.24, 2.45) is 4.99 Å². The van der Waals surface area contributed by atoms with Gasteiger partial charge in [-0.3, -0.25) is 14.5 Å². The summed E-state index contributed by atoms with van der Waals surface area (Å²) in [5.41, 5.74) is 1.62. The number of aromatic nitrogens is 1. The molecule has 3 N–H and O–H groups in total. The van der Waals surface area contributed by atoms with Crippen LogP contribution in [0.3, 0.4) is 0 Å². The number of halogens is 1. The van der Waals surface area contributed by atoms with Crippen LogP contribution in [-0.2, 0) is 15.7 Å². The Kier molecular flexibility index (Phi) is 5.67. The van der Waals surface area contributed by atoms with Crippen molar-refractivity contribution in [2.75, 3.05) is 0 Å². The molecule has 122 valence electrons. The van der Waals surface area contributed by atoms with E-state index in [1.165, 1.54) is 12.4 Å². The average Bonchev–Trinajstić information content (AvgIpc) is 2.48. The minimum absolute atomic E-state index is 0.118. The van der Waals surface area contributed by atoms with Gasteiger partial charge in [0.05, 0.1) is 18.0 Å². The van der Waals surface area contributed by atoms with Crippen LogP contribution in [0.1, 0.15) is 16.8 Å². The maximum Gasteiger partial charge on any atom is 0.469 e. The molecule has 0 aliphatic rings. The summed E-state index contributed by atoms with van der Waals surface area (Å²) in [6, 6.07) is 7.25. The van der Waals surface area contributed by atoms with Crippen LogP contribution in [0.2, 0.25) is 0 Å². The van der Waals surface area contributed by atoms with Gasteiger partial charge >= 0.3 is 7.82 Å². The van der Waals surface area contributed by atoms with Crippen molar-refractivity contribution in [3.63, 3.8) is 0 Å². The molecule has 0 bridgehead atoms. The van der Waals surface area contributed by atoms with E-state index in [1.54, 1.807) is 13.0 Å².